The Bertz CT molecular complexity index is 1670. The van der Waals surface area contributed by atoms with Crippen LogP contribution in [0.2, 0.25) is 0 Å². The summed E-state index contributed by atoms with van der Waals surface area (Å²) < 4.78 is 16.9. The Kier molecular flexibility index (Phi) is 64.8. The number of carbonyl (C=O) groups excluding carboxylic acids is 3. The van der Waals surface area contributed by atoms with Gasteiger partial charge in [-0.05, 0) is 128 Å². The SMILES string of the molecule is CC/C=C\C/C=C\C/C=C\C/C=C\C/C=C\CCCC(=O)OC(COC(=O)CCCCCCC/C=C\C/C=C\CCCCC)COC(=O)CCCCCCCCCCCCCCCCCC/C=C\C/C=C\C/C=C\CCCCCCC. The predicted octanol–water partition coefficient (Wildman–Crippen LogP) is 23.6. The monoisotopic (exact) mass is 1120 g/mol. The van der Waals surface area contributed by atoms with Crippen molar-refractivity contribution in [1.29, 1.82) is 0 Å². The first-order chi connectivity index (χ1) is 40.0. The van der Waals surface area contributed by atoms with E-state index in [0.717, 1.165) is 116 Å². The molecule has 0 fully saturated rings. The third-order valence-electron chi connectivity index (χ3n) is 14.4. The Hall–Kier alpha value is -4.19. The lowest BCUT2D eigenvalue weighted by molar-refractivity contribution is -0.167. The number of hydrogen-bond acceptors (Lipinski definition) is 6. The maximum Gasteiger partial charge on any atom is 0.306 e. The van der Waals surface area contributed by atoms with Crippen molar-refractivity contribution in [2.45, 2.75) is 322 Å². The van der Waals surface area contributed by atoms with Gasteiger partial charge in [0.25, 0.3) is 0 Å². The molecule has 0 saturated heterocycles. The Labute approximate surface area is 501 Å². The zero-order valence-corrected chi connectivity index (χ0v) is 53.0. The van der Waals surface area contributed by atoms with Crippen LogP contribution < -0.4 is 0 Å². The van der Waals surface area contributed by atoms with Crippen LogP contribution in [0.4, 0.5) is 0 Å². The summed E-state index contributed by atoms with van der Waals surface area (Å²) in [6.07, 6.45) is 95.2. The minimum Gasteiger partial charge on any atom is -0.462 e. The molecule has 81 heavy (non-hydrogen) atoms. The van der Waals surface area contributed by atoms with E-state index in [1.807, 2.05) is 0 Å². The molecular formula is C75H126O6. The van der Waals surface area contributed by atoms with Gasteiger partial charge in [0.2, 0.25) is 0 Å². The molecule has 0 spiro atoms. The van der Waals surface area contributed by atoms with Crippen molar-refractivity contribution < 1.29 is 28.6 Å². The lowest BCUT2D eigenvalue weighted by Gasteiger charge is -2.18. The minimum atomic E-state index is -0.817. The molecular weight excluding hydrogens is 997 g/mol. The van der Waals surface area contributed by atoms with E-state index in [-0.39, 0.29) is 37.5 Å². The molecule has 0 aliphatic rings. The Morgan fingerprint density at radius 3 is 0.815 bits per heavy atom. The van der Waals surface area contributed by atoms with Crippen LogP contribution in [0.25, 0.3) is 0 Å². The standard InChI is InChI=1S/C75H126O6/c1-4-7-10-13-16-19-22-25-28-30-31-32-33-34-35-36-37-38-39-40-41-42-43-45-47-50-53-56-59-62-65-68-74(77)80-71-72(70-79-73(76)67-64-61-58-55-52-49-46-27-24-21-18-15-12-9-6-3)81-75(78)69-66-63-60-57-54-51-48-44-29-26-23-20-17-14-11-8-5-2/h8,11,17-18,20-22,25-27,29-31,33-34,46,48,51,57,60,72H,4-7,9-10,12-16,19,23-24,28,32,35-45,47,49-50,52-56,58-59,61-71H2,1-3H3/b11-8-,20-17-,21-18-,25-22-,29-26-,31-30-,34-33-,46-27-,51-48-,60-57-. The quantitative estimate of drug-likeness (QED) is 0.0261. The molecule has 1 unspecified atom stereocenters. The number of allylic oxidation sites excluding steroid dienone is 20. The fourth-order valence-corrected chi connectivity index (χ4v) is 9.34. The number of hydrogen-bond donors (Lipinski definition) is 0. The first-order valence-electron chi connectivity index (χ1n) is 34.0. The van der Waals surface area contributed by atoms with Gasteiger partial charge in [0.05, 0.1) is 0 Å². The number of rotatable bonds is 61. The van der Waals surface area contributed by atoms with Crippen LogP contribution in [0, 0.1) is 0 Å². The average molecular weight is 1120 g/mol. The summed E-state index contributed by atoms with van der Waals surface area (Å²) in [4.78, 5) is 38.3. The molecule has 0 aromatic rings. The van der Waals surface area contributed by atoms with Crippen molar-refractivity contribution in [3.05, 3.63) is 122 Å². The fraction of sp³-hybridized carbons (Fsp3) is 0.693. The highest BCUT2D eigenvalue weighted by atomic mass is 16.6. The van der Waals surface area contributed by atoms with Gasteiger partial charge in [0.1, 0.15) is 13.2 Å². The summed E-state index contributed by atoms with van der Waals surface area (Å²) in [5.41, 5.74) is 0. The van der Waals surface area contributed by atoms with E-state index in [0.29, 0.717) is 19.3 Å². The highest BCUT2D eigenvalue weighted by Crippen LogP contribution is 2.16. The summed E-state index contributed by atoms with van der Waals surface area (Å²) in [5.74, 6) is -0.973. The van der Waals surface area contributed by atoms with Gasteiger partial charge in [0, 0.05) is 19.3 Å². The number of ether oxygens (including phenoxy) is 3. The van der Waals surface area contributed by atoms with Crippen molar-refractivity contribution >= 4 is 17.9 Å². The summed E-state index contributed by atoms with van der Waals surface area (Å²) in [6.45, 7) is 6.45. The molecule has 0 aromatic heterocycles. The second-order valence-corrected chi connectivity index (χ2v) is 22.3. The van der Waals surface area contributed by atoms with Gasteiger partial charge >= 0.3 is 17.9 Å². The minimum absolute atomic E-state index is 0.106. The molecule has 6 heteroatoms. The average Bonchev–Trinajstić information content (AvgIpc) is 3.47. The second kappa shape index (κ2) is 68.3. The van der Waals surface area contributed by atoms with Gasteiger partial charge < -0.3 is 14.2 Å². The number of esters is 3. The van der Waals surface area contributed by atoms with Crippen molar-refractivity contribution in [2.75, 3.05) is 13.2 Å². The molecule has 0 radical (unpaired) electrons. The zero-order chi connectivity index (χ0) is 58.5. The Morgan fingerprint density at radius 1 is 0.259 bits per heavy atom. The fourth-order valence-electron chi connectivity index (χ4n) is 9.34. The first kappa shape index (κ1) is 76.8. The molecule has 0 bridgehead atoms. The topological polar surface area (TPSA) is 78.9 Å². The van der Waals surface area contributed by atoms with Crippen LogP contribution in [-0.2, 0) is 28.6 Å². The molecule has 1 atom stereocenters. The van der Waals surface area contributed by atoms with E-state index in [1.54, 1.807) is 0 Å². The lowest BCUT2D eigenvalue weighted by Crippen LogP contribution is -2.30. The third kappa shape index (κ3) is 66.5. The third-order valence-corrected chi connectivity index (χ3v) is 14.4. The van der Waals surface area contributed by atoms with Gasteiger partial charge in [-0.2, -0.15) is 0 Å². The first-order valence-corrected chi connectivity index (χ1v) is 34.0. The van der Waals surface area contributed by atoms with Crippen LogP contribution >= 0.6 is 0 Å². The molecule has 0 aromatic carbocycles. The van der Waals surface area contributed by atoms with Crippen LogP contribution in [-0.4, -0.2) is 37.2 Å². The highest BCUT2D eigenvalue weighted by Gasteiger charge is 2.19. The molecule has 0 aliphatic carbocycles. The summed E-state index contributed by atoms with van der Waals surface area (Å²) >= 11 is 0. The van der Waals surface area contributed by atoms with Crippen molar-refractivity contribution in [1.82, 2.24) is 0 Å². The van der Waals surface area contributed by atoms with Crippen LogP contribution in [0.5, 0.6) is 0 Å². The molecule has 0 saturated carbocycles. The summed E-state index contributed by atoms with van der Waals surface area (Å²) in [5, 5.41) is 0. The normalized spacial score (nSPS) is 12.9. The lowest BCUT2D eigenvalue weighted by atomic mass is 10.0. The predicted molar refractivity (Wildman–Crippen MR) is 353 cm³/mol. The number of carbonyl (C=O) groups is 3. The molecule has 462 valence electrons. The molecule has 0 heterocycles. The van der Waals surface area contributed by atoms with E-state index in [2.05, 4.69) is 142 Å². The van der Waals surface area contributed by atoms with Crippen molar-refractivity contribution in [2.24, 2.45) is 0 Å². The Morgan fingerprint density at radius 2 is 0.494 bits per heavy atom. The molecule has 0 N–H and O–H groups in total. The van der Waals surface area contributed by atoms with Gasteiger partial charge in [-0.25, -0.2) is 0 Å². The second-order valence-electron chi connectivity index (χ2n) is 22.3. The van der Waals surface area contributed by atoms with E-state index in [9.17, 15) is 14.4 Å². The maximum atomic E-state index is 12.9. The molecule has 0 amide bonds. The van der Waals surface area contributed by atoms with Crippen LogP contribution in [0.15, 0.2) is 122 Å². The summed E-state index contributed by atoms with van der Waals surface area (Å²) in [7, 11) is 0. The van der Waals surface area contributed by atoms with Crippen LogP contribution in [0.3, 0.4) is 0 Å². The largest absolute Gasteiger partial charge is 0.462 e. The molecule has 0 aliphatic heterocycles. The highest BCUT2D eigenvalue weighted by molar-refractivity contribution is 5.71. The number of unbranched alkanes of at least 4 members (excludes halogenated alkanes) is 30. The van der Waals surface area contributed by atoms with Gasteiger partial charge in [-0.15, -0.1) is 0 Å². The van der Waals surface area contributed by atoms with Gasteiger partial charge in [-0.1, -0.05) is 290 Å². The van der Waals surface area contributed by atoms with Gasteiger partial charge in [0.15, 0.2) is 6.10 Å². The maximum absolute atomic E-state index is 12.9. The van der Waals surface area contributed by atoms with Crippen molar-refractivity contribution in [3.8, 4) is 0 Å². The van der Waals surface area contributed by atoms with E-state index < -0.39 is 6.10 Å². The smallest absolute Gasteiger partial charge is 0.306 e. The Balaban J connectivity index is 4.30. The zero-order valence-electron chi connectivity index (χ0n) is 53.0. The van der Waals surface area contributed by atoms with E-state index >= 15 is 0 Å². The summed E-state index contributed by atoms with van der Waals surface area (Å²) in [6, 6.07) is 0. The van der Waals surface area contributed by atoms with Crippen LogP contribution in [0.1, 0.15) is 316 Å². The van der Waals surface area contributed by atoms with Gasteiger partial charge in [-0.3, -0.25) is 14.4 Å². The van der Waals surface area contributed by atoms with Crippen molar-refractivity contribution in [3.63, 3.8) is 0 Å². The van der Waals surface area contributed by atoms with E-state index in [4.69, 9.17) is 14.2 Å². The molecule has 0 rings (SSSR count). The molecule has 6 nitrogen and oxygen atoms in total. The van der Waals surface area contributed by atoms with E-state index in [1.165, 1.54) is 154 Å².